The summed E-state index contributed by atoms with van der Waals surface area (Å²) in [7, 11) is 1.59. The van der Waals surface area contributed by atoms with Crippen LogP contribution in [0.3, 0.4) is 0 Å². The number of hydrogen-bond donors (Lipinski definition) is 1. The first-order valence-corrected chi connectivity index (χ1v) is 8.66. The van der Waals surface area contributed by atoms with Gasteiger partial charge in [0.25, 0.3) is 5.91 Å². The highest BCUT2D eigenvalue weighted by atomic mass is 19.1. The minimum absolute atomic E-state index is 0.188. The monoisotopic (exact) mass is 358 g/mol. The molecule has 6 nitrogen and oxygen atoms in total. The Morgan fingerprint density at radius 1 is 1.15 bits per heavy atom. The van der Waals surface area contributed by atoms with E-state index >= 15 is 0 Å². The lowest BCUT2D eigenvalue weighted by atomic mass is 10.2. The number of benzene rings is 1. The second-order valence-corrected chi connectivity index (χ2v) is 6.08. The third-order valence-corrected chi connectivity index (χ3v) is 4.41. The number of hydrogen-bond acceptors (Lipinski definition) is 5. The Morgan fingerprint density at radius 2 is 1.88 bits per heavy atom. The molecular formula is C19H23FN4O2. The van der Waals surface area contributed by atoms with Gasteiger partial charge in [0.15, 0.2) is 0 Å². The van der Waals surface area contributed by atoms with Crippen molar-refractivity contribution in [3.8, 4) is 0 Å². The van der Waals surface area contributed by atoms with E-state index in [0.29, 0.717) is 24.5 Å². The van der Waals surface area contributed by atoms with Crippen LogP contribution in [0.4, 0.5) is 15.8 Å². The lowest BCUT2D eigenvalue weighted by molar-refractivity contribution is 0.0932. The van der Waals surface area contributed by atoms with Crippen molar-refractivity contribution >= 4 is 17.3 Å². The van der Waals surface area contributed by atoms with Crippen LogP contribution in [0.25, 0.3) is 0 Å². The zero-order chi connectivity index (χ0) is 18.4. The van der Waals surface area contributed by atoms with Crippen molar-refractivity contribution in [2.45, 2.75) is 0 Å². The van der Waals surface area contributed by atoms with Crippen LogP contribution >= 0.6 is 0 Å². The van der Waals surface area contributed by atoms with Crippen molar-refractivity contribution in [2.75, 3.05) is 56.2 Å². The Labute approximate surface area is 152 Å². The van der Waals surface area contributed by atoms with Crippen molar-refractivity contribution in [3.05, 3.63) is 54.1 Å². The summed E-state index contributed by atoms with van der Waals surface area (Å²) in [4.78, 5) is 20.5. The van der Waals surface area contributed by atoms with Crippen molar-refractivity contribution in [1.29, 1.82) is 0 Å². The van der Waals surface area contributed by atoms with Crippen LogP contribution in [0, 0.1) is 5.82 Å². The van der Waals surface area contributed by atoms with Gasteiger partial charge in [-0.1, -0.05) is 12.1 Å². The van der Waals surface area contributed by atoms with E-state index in [2.05, 4.69) is 20.1 Å². The summed E-state index contributed by atoms with van der Waals surface area (Å²) in [5.41, 5.74) is 2.00. The van der Waals surface area contributed by atoms with Gasteiger partial charge in [0.2, 0.25) is 0 Å². The minimum atomic E-state index is -0.210. The Kier molecular flexibility index (Phi) is 6.01. The van der Waals surface area contributed by atoms with Crippen LogP contribution in [-0.2, 0) is 4.74 Å². The van der Waals surface area contributed by atoms with Gasteiger partial charge in [-0.05, 0) is 24.3 Å². The molecule has 0 bridgehead atoms. The van der Waals surface area contributed by atoms with E-state index in [4.69, 9.17) is 4.74 Å². The van der Waals surface area contributed by atoms with Crippen LogP contribution in [0.2, 0.25) is 0 Å². The fourth-order valence-electron chi connectivity index (χ4n) is 2.98. The number of ether oxygens (including phenoxy) is 1. The molecule has 0 atom stereocenters. The van der Waals surface area contributed by atoms with Gasteiger partial charge in [-0.15, -0.1) is 0 Å². The van der Waals surface area contributed by atoms with Gasteiger partial charge in [0.05, 0.1) is 24.2 Å². The van der Waals surface area contributed by atoms with E-state index in [9.17, 15) is 9.18 Å². The number of nitrogens with one attached hydrogen (secondary N) is 1. The van der Waals surface area contributed by atoms with Crippen LogP contribution in [-0.4, -0.2) is 57.3 Å². The van der Waals surface area contributed by atoms with E-state index in [1.165, 1.54) is 6.07 Å². The number of nitrogens with zero attached hydrogens (tertiary/aromatic N) is 3. The molecule has 2 aromatic rings. The van der Waals surface area contributed by atoms with Crippen molar-refractivity contribution in [2.24, 2.45) is 0 Å². The maximum absolute atomic E-state index is 13.9. The smallest absolute Gasteiger partial charge is 0.269 e. The molecule has 2 heterocycles. The number of para-hydroxylation sites is 1. The predicted molar refractivity (Wildman–Crippen MR) is 99.3 cm³/mol. The molecule has 138 valence electrons. The summed E-state index contributed by atoms with van der Waals surface area (Å²) in [5, 5.41) is 2.75. The first-order valence-electron chi connectivity index (χ1n) is 8.66. The first-order chi connectivity index (χ1) is 12.7. The number of carbonyl (C=O) groups is 1. The predicted octanol–water partition coefficient (Wildman–Crippen LogP) is 1.92. The first kappa shape index (κ1) is 18.1. The van der Waals surface area contributed by atoms with Crippen molar-refractivity contribution in [3.63, 3.8) is 0 Å². The Morgan fingerprint density at radius 3 is 2.54 bits per heavy atom. The van der Waals surface area contributed by atoms with Crippen molar-refractivity contribution < 1.29 is 13.9 Å². The lowest BCUT2D eigenvalue weighted by Gasteiger charge is -2.37. The number of methoxy groups -OCH3 is 1. The van der Waals surface area contributed by atoms with Gasteiger partial charge in [-0.2, -0.15) is 0 Å². The molecule has 1 fully saturated rings. The average Bonchev–Trinajstić information content (AvgIpc) is 2.69. The second kappa shape index (κ2) is 8.62. The number of piperazine rings is 1. The molecule has 0 unspecified atom stereocenters. The maximum atomic E-state index is 13.9. The number of carbonyl (C=O) groups excluding carboxylic acids is 1. The summed E-state index contributed by atoms with van der Waals surface area (Å²) in [6.45, 7) is 3.94. The minimum Gasteiger partial charge on any atom is -0.383 e. The number of amides is 1. The van der Waals surface area contributed by atoms with Crippen LogP contribution in [0.15, 0.2) is 42.6 Å². The Hall–Kier alpha value is -2.67. The van der Waals surface area contributed by atoms with E-state index in [-0.39, 0.29) is 11.7 Å². The molecule has 0 radical (unpaired) electrons. The molecule has 0 saturated carbocycles. The molecule has 1 aliphatic heterocycles. The SMILES string of the molecule is COCCNC(=O)c1ccc(N2CCN(c3ccccc3F)CC2)cn1. The summed E-state index contributed by atoms with van der Waals surface area (Å²) < 4.78 is 18.8. The molecule has 3 rings (SSSR count). The molecule has 0 aliphatic carbocycles. The lowest BCUT2D eigenvalue weighted by Crippen LogP contribution is -2.46. The zero-order valence-corrected chi connectivity index (χ0v) is 14.8. The second-order valence-electron chi connectivity index (χ2n) is 6.08. The summed E-state index contributed by atoms with van der Waals surface area (Å²) >= 11 is 0. The van der Waals surface area contributed by atoms with E-state index in [1.807, 2.05) is 18.2 Å². The number of halogens is 1. The molecule has 0 spiro atoms. The molecule has 1 amide bonds. The summed E-state index contributed by atoms with van der Waals surface area (Å²) in [6, 6.07) is 10.5. The summed E-state index contributed by atoms with van der Waals surface area (Å²) in [5.74, 6) is -0.399. The third kappa shape index (κ3) is 4.29. The highest BCUT2D eigenvalue weighted by Gasteiger charge is 2.20. The fourth-order valence-corrected chi connectivity index (χ4v) is 2.98. The van der Waals surface area contributed by atoms with Crippen LogP contribution in [0.1, 0.15) is 10.5 Å². The number of anilines is 2. The molecule has 1 saturated heterocycles. The third-order valence-electron chi connectivity index (χ3n) is 4.41. The Balaban J connectivity index is 1.56. The molecule has 1 N–H and O–H groups in total. The van der Waals surface area contributed by atoms with E-state index in [0.717, 1.165) is 31.9 Å². The molecule has 1 aliphatic rings. The van der Waals surface area contributed by atoms with Gasteiger partial charge in [-0.25, -0.2) is 9.37 Å². The van der Waals surface area contributed by atoms with E-state index in [1.54, 1.807) is 25.4 Å². The molecule has 1 aromatic carbocycles. The quantitative estimate of drug-likeness (QED) is 0.800. The largest absolute Gasteiger partial charge is 0.383 e. The van der Waals surface area contributed by atoms with Crippen LogP contribution < -0.4 is 15.1 Å². The standard InChI is InChI=1S/C19H23FN4O2/c1-26-13-8-21-19(25)17-7-6-15(14-22-17)23-9-11-24(12-10-23)18-5-3-2-4-16(18)20/h2-7,14H,8-13H2,1H3,(H,21,25). The summed E-state index contributed by atoms with van der Waals surface area (Å²) in [6.07, 6.45) is 1.71. The van der Waals surface area contributed by atoms with Gasteiger partial charge < -0.3 is 19.9 Å². The average molecular weight is 358 g/mol. The maximum Gasteiger partial charge on any atom is 0.269 e. The number of rotatable bonds is 6. The fraction of sp³-hybridized carbons (Fsp3) is 0.368. The highest BCUT2D eigenvalue weighted by molar-refractivity contribution is 5.92. The van der Waals surface area contributed by atoms with Gasteiger partial charge in [0, 0.05) is 39.8 Å². The highest BCUT2D eigenvalue weighted by Crippen LogP contribution is 2.22. The van der Waals surface area contributed by atoms with Gasteiger partial charge in [0.1, 0.15) is 11.5 Å². The number of pyridine rings is 1. The molecule has 1 aromatic heterocycles. The Bertz CT molecular complexity index is 731. The van der Waals surface area contributed by atoms with E-state index < -0.39 is 0 Å². The van der Waals surface area contributed by atoms with Gasteiger partial charge >= 0.3 is 0 Å². The topological polar surface area (TPSA) is 57.7 Å². The van der Waals surface area contributed by atoms with Crippen molar-refractivity contribution in [1.82, 2.24) is 10.3 Å². The number of aromatic nitrogens is 1. The normalized spacial score (nSPS) is 14.4. The molecular weight excluding hydrogens is 335 g/mol. The van der Waals surface area contributed by atoms with Crippen LogP contribution in [0.5, 0.6) is 0 Å². The molecule has 26 heavy (non-hydrogen) atoms. The zero-order valence-electron chi connectivity index (χ0n) is 14.8. The molecule has 7 heteroatoms. The van der Waals surface area contributed by atoms with Gasteiger partial charge in [-0.3, -0.25) is 4.79 Å².